The highest BCUT2D eigenvalue weighted by atomic mass is 35.5. The monoisotopic (exact) mass is 447 g/mol. The first-order valence-electron chi connectivity index (χ1n) is 10.0. The first-order chi connectivity index (χ1) is 15.1. The fraction of sp³-hybridized carbons (Fsp3) is 0.450. The third-order valence-electron chi connectivity index (χ3n) is 5.48. The summed E-state index contributed by atoms with van der Waals surface area (Å²) in [6.07, 6.45) is -0.147. The highest BCUT2D eigenvalue weighted by Crippen LogP contribution is 2.33. The maximum Gasteiger partial charge on any atom is 0.167 e. The first-order valence-corrected chi connectivity index (χ1v) is 10.4. The normalized spacial score (nSPS) is 28.3. The van der Waals surface area contributed by atoms with Crippen LogP contribution in [0.3, 0.4) is 0 Å². The number of rotatable bonds is 6. The second-order valence-corrected chi connectivity index (χ2v) is 7.95. The molecule has 0 bridgehead atoms. The van der Waals surface area contributed by atoms with Gasteiger partial charge in [-0.25, -0.2) is 15.0 Å². The Morgan fingerprint density at radius 3 is 2.87 bits per heavy atom. The smallest absolute Gasteiger partial charge is 0.167 e. The summed E-state index contributed by atoms with van der Waals surface area (Å²) in [5, 5.41) is 24.9. The first kappa shape index (κ1) is 20.4. The molecule has 1 unspecified atom stereocenters. The van der Waals surface area contributed by atoms with Crippen molar-refractivity contribution in [1.82, 2.24) is 19.5 Å². The van der Waals surface area contributed by atoms with Gasteiger partial charge in [0, 0.05) is 6.61 Å². The van der Waals surface area contributed by atoms with Crippen LogP contribution in [0.2, 0.25) is 5.02 Å². The minimum atomic E-state index is -1.19. The van der Waals surface area contributed by atoms with Crippen molar-refractivity contribution in [2.75, 3.05) is 25.1 Å². The van der Waals surface area contributed by atoms with Crippen LogP contribution in [-0.2, 0) is 9.47 Å². The molecule has 0 spiro atoms. The third-order valence-corrected chi connectivity index (χ3v) is 5.79. The number of nitrogens with zero attached hydrogens (tertiary/aromatic N) is 4. The molecule has 1 aromatic carbocycles. The van der Waals surface area contributed by atoms with Gasteiger partial charge in [0.25, 0.3) is 0 Å². The van der Waals surface area contributed by atoms with E-state index in [0.29, 0.717) is 41.0 Å². The molecule has 5 atom stereocenters. The van der Waals surface area contributed by atoms with Crippen LogP contribution in [0.5, 0.6) is 5.75 Å². The predicted octanol–water partition coefficient (Wildman–Crippen LogP) is 1.38. The molecule has 3 N–H and O–H groups in total. The van der Waals surface area contributed by atoms with E-state index in [-0.39, 0.29) is 12.6 Å². The molecule has 2 aliphatic heterocycles. The van der Waals surface area contributed by atoms with Gasteiger partial charge in [0.2, 0.25) is 0 Å². The summed E-state index contributed by atoms with van der Waals surface area (Å²) >= 11 is 6.11. The van der Waals surface area contributed by atoms with Crippen molar-refractivity contribution in [3.8, 4) is 5.75 Å². The Balaban J connectivity index is 1.34. The molecule has 11 heteroatoms. The Morgan fingerprint density at radius 1 is 1.19 bits per heavy atom. The maximum absolute atomic E-state index is 10.6. The molecule has 2 aliphatic rings. The third kappa shape index (κ3) is 3.92. The van der Waals surface area contributed by atoms with Gasteiger partial charge in [-0.3, -0.25) is 4.57 Å². The molecule has 0 amide bonds. The molecule has 0 aliphatic carbocycles. The minimum Gasteiger partial charge on any atom is -0.489 e. The van der Waals surface area contributed by atoms with Gasteiger partial charge < -0.3 is 29.7 Å². The van der Waals surface area contributed by atoms with Gasteiger partial charge in [-0.1, -0.05) is 23.7 Å². The number of aliphatic hydroxyl groups excluding tert-OH is 2. The van der Waals surface area contributed by atoms with Crippen molar-refractivity contribution < 1.29 is 24.4 Å². The average Bonchev–Trinajstić information content (AvgIpc) is 3.50. The van der Waals surface area contributed by atoms with Gasteiger partial charge in [0.05, 0.1) is 24.0 Å². The van der Waals surface area contributed by atoms with Crippen molar-refractivity contribution in [2.24, 2.45) is 0 Å². The SMILES string of the molecule is O[C@@H]1[C@H](O)[C@@H](n2cnc3c(NC4CCOC4)ncnc32)O[C@H]1COc1ccccc1Cl. The lowest BCUT2D eigenvalue weighted by Gasteiger charge is -2.17. The van der Waals surface area contributed by atoms with Crippen LogP contribution in [0, 0.1) is 0 Å². The molecule has 5 rings (SSSR count). The summed E-state index contributed by atoms with van der Waals surface area (Å²) in [5.74, 6) is 1.07. The van der Waals surface area contributed by atoms with Gasteiger partial charge in [0.1, 0.15) is 37.0 Å². The molecular weight excluding hydrogens is 426 g/mol. The largest absolute Gasteiger partial charge is 0.489 e. The van der Waals surface area contributed by atoms with Gasteiger partial charge in [-0.15, -0.1) is 0 Å². The predicted molar refractivity (Wildman–Crippen MR) is 111 cm³/mol. The topological polar surface area (TPSA) is 124 Å². The number of imidazole rings is 1. The molecule has 0 saturated carbocycles. The molecule has 0 radical (unpaired) electrons. The number of halogens is 1. The van der Waals surface area contributed by atoms with E-state index in [2.05, 4.69) is 20.3 Å². The van der Waals surface area contributed by atoms with Crippen LogP contribution in [0.15, 0.2) is 36.9 Å². The highest BCUT2D eigenvalue weighted by Gasteiger charge is 2.44. The number of hydrogen-bond donors (Lipinski definition) is 3. The summed E-state index contributed by atoms with van der Waals surface area (Å²) in [4.78, 5) is 13.0. The van der Waals surface area contributed by atoms with Crippen LogP contribution in [0.1, 0.15) is 12.6 Å². The molecule has 2 fully saturated rings. The lowest BCUT2D eigenvalue weighted by atomic mass is 10.1. The second kappa shape index (κ2) is 8.56. The van der Waals surface area contributed by atoms with Gasteiger partial charge in [-0.2, -0.15) is 0 Å². The summed E-state index contributed by atoms with van der Waals surface area (Å²) in [6.45, 7) is 1.34. The van der Waals surface area contributed by atoms with E-state index >= 15 is 0 Å². The number of aromatic nitrogens is 4. The Hall–Kier alpha value is -2.50. The van der Waals surface area contributed by atoms with Gasteiger partial charge in [0.15, 0.2) is 23.2 Å². The van der Waals surface area contributed by atoms with Crippen LogP contribution in [-0.4, -0.2) is 73.9 Å². The van der Waals surface area contributed by atoms with E-state index < -0.39 is 24.5 Å². The summed E-state index contributed by atoms with van der Waals surface area (Å²) in [6, 6.07) is 7.18. The number of nitrogens with one attached hydrogen (secondary N) is 1. The van der Waals surface area contributed by atoms with Gasteiger partial charge >= 0.3 is 0 Å². The summed E-state index contributed by atoms with van der Waals surface area (Å²) in [5.41, 5.74) is 1.04. The van der Waals surface area contributed by atoms with Crippen molar-refractivity contribution in [3.63, 3.8) is 0 Å². The van der Waals surface area contributed by atoms with Crippen molar-refractivity contribution in [3.05, 3.63) is 41.9 Å². The fourth-order valence-electron chi connectivity index (χ4n) is 3.82. The van der Waals surface area contributed by atoms with Crippen LogP contribution < -0.4 is 10.1 Å². The lowest BCUT2D eigenvalue weighted by Crippen LogP contribution is -2.34. The van der Waals surface area contributed by atoms with Crippen molar-refractivity contribution >= 4 is 28.6 Å². The Morgan fingerprint density at radius 2 is 2.06 bits per heavy atom. The summed E-state index contributed by atoms with van der Waals surface area (Å²) < 4.78 is 18.6. The number of anilines is 1. The molecule has 4 heterocycles. The number of hydrogen-bond acceptors (Lipinski definition) is 9. The highest BCUT2D eigenvalue weighted by molar-refractivity contribution is 6.32. The number of aliphatic hydroxyl groups is 2. The molecule has 2 saturated heterocycles. The molecule has 31 heavy (non-hydrogen) atoms. The summed E-state index contributed by atoms with van der Waals surface area (Å²) in [7, 11) is 0. The van der Waals surface area contributed by atoms with E-state index in [0.717, 1.165) is 6.42 Å². The molecule has 164 valence electrons. The Kier molecular flexibility index (Phi) is 5.63. The standard InChI is InChI=1S/C20H22ClN5O5/c21-12-3-1-2-4-13(12)30-8-14-16(27)17(28)20(31-14)26-10-24-15-18(22-9-23-19(15)26)25-11-5-6-29-7-11/h1-4,9-11,14,16-17,20,27-28H,5-8H2,(H,22,23,25)/t11?,14-,16-,17-,20-/m0/s1. The van der Waals surface area contributed by atoms with Gasteiger partial charge in [-0.05, 0) is 18.6 Å². The quantitative estimate of drug-likeness (QED) is 0.514. The minimum absolute atomic E-state index is 0.0224. The number of benzene rings is 1. The zero-order valence-corrected chi connectivity index (χ0v) is 17.2. The van der Waals surface area contributed by atoms with Crippen LogP contribution in [0.25, 0.3) is 11.2 Å². The Bertz CT molecular complexity index is 1060. The zero-order valence-electron chi connectivity index (χ0n) is 16.5. The van der Waals surface area contributed by atoms with E-state index in [1.54, 1.807) is 28.8 Å². The zero-order chi connectivity index (χ0) is 21.4. The van der Waals surface area contributed by atoms with E-state index in [9.17, 15) is 10.2 Å². The second-order valence-electron chi connectivity index (χ2n) is 7.54. The number of ether oxygens (including phenoxy) is 3. The van der Waals surface area contributed by atoms with Crippen molar-refractivity contribution in [2.45, 2.75) is 37.0 Å². The fourth-order valence-corrected chi connectivity index (χ4v) is 4.01. The molecule has 3 aromatic rings. The number of fused-ring (bicyclic) bond motifs is 1. The van der Waals surface area contributed by atoms with E-state index in [4.69, 9.17) is 25.8 Å². The van der Waals surface area contributed by atoms with E-state index in [1.807, 2.05) is 0 Å². The van der Waals surface area contributed by atoms with Crippen molar-refractivity contribution in [1.29, 1.82) is 0 Å². The molecular formula is C20H22ClN5O5. The maximum atomic E-state index is 10.6. The average molecular weight is 448 g/mol. The lowest BCUT2D eigenvalue weighted by molar-refractivity contribution is -0.0474. The van der Waals surface area contributed by atoms with Crippen LogP contribution in [0.4, 0.5) is 5.82 Å². The van der Waals surface area contributed by atoms with E-state index in [1.165, 1.54) is 12.7 Å². The number of para-hydroxylation sites is 1. The Labute approximate surface area is 182 Å². The van der Waals surface area contributed by atoms with Crippen LogP contribution >= 0.6 is 11.6 Å². The molecule has 2 aromatic heterocycles. The molecule has 10 nitrogen and oxygen atoms in total.